The normalized spacial score (nSPS) is 16.8. The third-order valence-electron chi connectivity index (χ3n) is 4.69. The molecule has 0 spiro atoms. The van der Waals surface area contributed by atoms with Crippen LogP contribution in [0, 0.1) is 0 Å². The zero-order valence-corrected chi connectivity index (χ0v) is 13.4. The molecule has 1 saturated heterocycles. The number of phenols is 2. The third kappa shape index (κ3) is 3.36. The number of phenolic OH excluding ortho intramolecular Hbond substituents is 2. The maximum absolute atomic E-state index is 12.6. The Morgan fingerprint density at radius 1 is 1.08 bits per heavy atom. The van der Waals surface area contributed by atoms with Crippen molar-refractivity contribution in [1.29, 1.82) is 0 Å². The largest absolute Gasteiger partial charge is 0.508 e. The molecule has 126 valence electrons. The monoisotopic (exact) mass is 326 g/mol. The van der Waals surface area contributed by atoms with Crippen molar-refractivity contribution in [2.45, 2.75) is 24.8 Å². The number of nitrogens with zero attached hydrogens (tertiary/aromatic N) is 1. The van der Waals surface area contributed by atoms with Crippen molar-refractivity contribution in [3.63, 3.8) is 0 Å². The smallest absolute Gasteiger partial charge is 0.244 e. The number of piperidine rings is 1. The highest BCUT2D eigenvalue weighted by atomic mass is 16.3. The number of likely N-dealkylation sites (tertiary alicyclic amines) is 1. The van der Waals surface area contributed by atoms with Crippen LogP contribution in [0.4, 0.5) is 0 Å². The molecule has 0 aliphatic carbocycles. The summed E-state index contributed by atoms with van der Waals surface area (Å²) in [5, 5.41) is 19.4. The molecule has 24 heavy (non-hydrogen) atoms. The molecule has 1 fully saturated rings. The summed E-state index contributed by atoms with van der Waals surface area (Å²) in [6.45, 7) is 1.23. The van der Waals surface area contributed by atoms with Gasteiger partial charge in [-0.15, -0.1) is 0 Å². The van der Waals surface area contributed by atoms with Crippen LogP contribution in [0.2, 0.25) is 0 Å². The number of nitrogens with two attached hydrogens (primary N) is 1. The predicted molar refractivity (Wildman–Crippen MR) is 91.7 cm³/mol. The fraction of sp³-hybridized carbons (Fsp3) is 0.316. The average Bonchev–Trinajstić information content (AvgIpc) is 2.61. The predicted octanol–water partition coefficient (Wildman–Crippen LogP) is 2.50. The van der Waals surface area contributed by atoms with E-state index in [-0.39, 0.29) is 23.3 Å². The number of benzene rings is 2. The third-order valence-corrected chi connectivity index (χ3v) is 4.69. The first-order valence-electron chi connectivity index (χ1n) is 8.17. The van der Waals surface area contributed by atoms with Crippen LogP contribution in [0.25, 0.3) is 0 Å². The van der Waals surface area contributed by atoms with Crippen molar-refractivity contribution in [2.75, 3.05) is 13.1 Å². The van der Waals surface area contributed by atoms with E-state index in [1.165, 1.54) is 6.07 Å². The molecular weight excluding hydrogens is 304 g/mol. The van der Waals surface area contributed by atoms with Crippen LogP contribution < -0.4 is 5.73 Å². The number of carbonyl (C=O) groups excluding carboxylic acids is 1. The fourth-order valence-electron chi connectivity index (χ4n) is 3.29. The maximum atomic E-state index is 12.6. The molecule has 1 atom stereocenters. The van der Waals surface area contributed by atoms with Gasteiger partial charge in [0.25, 0.3) is 0 Å². The van der Waals surface area contributed by atoms with Crippen LogP contribution >= 0.6 is 0 Å². The van der Waals surface area contributed by atoms with Gasteiger partial charge in [-0.2, -0.15) is 0 Å². The molecule has 0 saturated carbocycles. The van der Waals surface area contributed by atoms with E-state index >= 15 is 0 Å². The summed E-state index contributed by atoms with van der Waals surface area (Å²) in [6, 6.07) is 13.4. The van der Waals surface area contributed by atoms with Crippen molar-refractivity contribution in [2.24, 2.45) is 5.73 Å². The molecule has 0 unspecified atom stereocenters. The summed E-state index contributed by atoms with van der Waals surface area (Å²) in [4.78, 5) is 14.4. The van der Waals surface area contributed by atoms with Gasteiger partial charge in [0.1, 0.15) is 17.5 Å². The lowest BCUT2D eigenvalue weighted by Gasteiger charge is -2.34. The first kappa shape index (κ1) is 16.3. The summed E-state index contributed by atoms with van der Waals surface area (Å²) >= 11 is 0. The molecule has 2 aromatic carbocycles. The highest BCUT2D eigenvalue weighted by Gasteiger charge is 2.28. The fourth-order valence-corrected chi connectivity index (χ4v) is 3.29. The molecule has 5 nitrogen and oxygen atoms in total. The zero-order valence-electron chi connectivity index (χ0n) is 13.4. The van der Waals surface area contributed by atoms with Gasteiger partial charge >= 0.3 is 0 Å². The molecule has 1 heterocycles. The van der Waals surface area contributed by atoms with Crippen LogP contribution in [0.1, 0.15) is 35.9 Å². The van der Waals surface area contributed by atoms with Crippen molar-refractivity contribution >= 4 is 5.91 Å². The van der Waals surface area contributed by atoms with E-state index in [1.807, 2.05) is 30.3 Å². The number of amides is 1. The lowest BCUT2D eigenvalue weighted by atomic mass is 9.88. The molecular formula is C19H22N2O3. The molecule has 2 aromatic rings. The Hall–Kier alpha value is -2.53. The average molecular weight is 326 g/mol. The van der Waals surface area contributed by atoms with Crippen molar-refractivity contribution in [1.82, 2.24) is 4.90 Å². The van der Waals surface area contributed by atoms with Gasteiger partial charge in [0.05, 0.1) is 0 Å². The first-order valence-corrected chi connectivity index (χ1v) is 8.17. The molecule has 1 aliphatic heterocycles. The Kier molecular flexibility index (Phi) is 4.71. The minimum absolute atomic E-state index is 0.0534. The summed E-state index contributed by atoms with van der Waals surface area (Å²) in [7, 11) is 0. The molecule has 5 heteroatoms. The van der Waals surface area contributed by atoms with E-state index in [9.17, 15) is 15.0 Å². The Labute approximate surface area is 141 Å². The van der Waals surface area contributed by atoms with Crippen LogP contribution in [-0.2, 0) is 4.79 Å². The van der Waals surface area contributed by atoms with Crippen molar-refractivity contribution in [3.8, 4) is 11.5 Å². The summed E-state index contributed by atoms with van der Waals surface area (Å²) in [6.07, 6.45) is 1.54. The standard InChI is InChI=1S/C19H22N2O3/c20-18(14-4-2-1-3-5-14)19(24)21-10-8-13(9-11-21)16-7-6-15(22)12-17(16)23/h1-7,12-13,18,22-23H,8-11,20H2/t18-/m1/s1. The number of hydrogen-bond donors (Lipinski definition) is 3. The highest BCUT2D eigenvalue weighted by molar-refractivity contribution is 5.83. The Balaban J connectivity index is 1.63. The number of hydrogen-bond acceptors (Lipinski definition) is 4. The van der Waals surface area contributed by atoms with Gasteiger partial charge in [-0.05, 0) is 36.0 Å². The van der Waals surface area contributed by atoms with Crippen LogP contribution in [0.5, 0.6) is 11.5 Å². The van der Waals surface area contributed by atoms with Crippen LogP contribution in [0.3, 0.4) is 0 Å². The van der Waals surface area contributed by atoms with Gasteiger partial charge in [-0.3, -0.25) is 4.79 Å². The van der Waals surface area contributed by atoms with Crippen LogP contribution in [-0.4, -0.2) is 34.1 Å². The van der Waals surface area contributed by atoms with E-state index in [0.29, 0.717) is 13.1 Å². The van der Waals surface area contributed by atoms with Gasteiger partial charge in [0, 0.05) is 19.2 Å². The Morgan fingerprint density at radius 3 is 2.38 bits per heavy atom. The minimum Gasteiger partial charge on any atom is -0.508 e. The number of rotatable bonds is 3. The lowest BCUT2D eigenvalue weighted by Crippen LogP contribution is -2.42. The molecule has 4 N–H and O–H groups in total. The number of aromatic hydroxyl groups is 2. The van der Waals surface area contributed by atoms with Gasteiger partial charge in [0.15, 0.2) is 0 Å². The lowest BCUT2D eigenvalue weighted by molar-refractivity contribution is -0.133. The Morgan fingerprint density at radius 2 is 1.75 bits per heavy atom. The zero-order chi connectivity index (χ0) is 17.1. The molecule has 0 bridgehead atoms. The van der Waals surface area contributed by atoms with E-state index in [4.69, 9.17) is 5.73 Å². The molecule has 3 rings (SSSR count). The van der Waals surface area contributed by atoms with Gasteiger partial charge in [-0.1, -0.05) is 36.4 Å². The van der Waals surface area contributed by atoms with Crippen LogP contribution in [0.15, 0.2) is 48.5 Å². The van der Waals surface area contributed by atoms with Gasteiger partial charge in [0.2, 0.25) is 5.91 Å². The molecule has 1 amide bonds. The Bertz CT molecular complexity index is 710. The second-order valence-corrected chi connectivity index (χ2v) is 6.23. The van der Waals surface area contributed by atoms with Gasteiger partial charge < -0.3 is 20.8 Å². The van der Waals surface area contributed by atoms with Crippen molar-refractivity contribution < 1.29 is 15.0 Å². The number of carbonyl (C=O) groups is 1. The molecule has 1 aliphatic rings. The second-order valence-electron chi connectivity index (χ2n) is 6.23. The quantitative estimate of drug-likeness (QED) is 0.809. The topological polar surface area (TPSA) is 86.8 Å². The summed E-state index contributed by atoms with van der Waals surface area (Å²) < 4.78 is 0. The summed E-state index contributed by atoms with van der Waals surface area (Å²) in [5.41, 5.74) is 7.74. The highest BCUT2D eigenvalue weighted by Crippen LogP contribution is 2.35. The van der Waals surface area contributed by atoms with E-state index in [1.54, 1.807) is 17.0 Å². The second kappa shape index (κ2) is 6.93. The van der Waals surface area contributed by atoms with E-state index in [0.717, 1.165) is 24.0 Å². The first-order chi connectivity index (χ1) is 11.6. The van der Waals surface area contributed by atoms with E-state index < -0.39 is 6.04 Å². The minimum atomic E-state index is -0.634. The van der Waals surface area contributed by atoms with Gasteiger partial charge in [-0.25, -0.2) is 0 Å². The van der Waals surface area contributed by atoms with Crippen molar-refractivity contribution in [3.05, 3.63) is 59.7 Å². The maximum Gasteiger partial charge on any atom is 0.244 e. The summed E-state index contributed by atoms with van der Waals surface area (Å²) in [5.74, 6) is 0.288. The van der Waals surface area contributed by atoms with E-state index in [2.05, 4.69) is 0 Å². The molecule has 0 aromatic heterocycles. The molecule has 0 radical (unpaired) electrons. The SMILES string of the molecule is N[C@@H](C(=O)N1CCC(c2ccc(O)cc2O)CC1)c1ccccc1.